The zero-order valence-corrected chi connectivity index (χ0v) is 54.8. The van der Waals surface area contributed by atoms with E-state index in [0.717, 1.165) is 109 Å². The second-order valence-corrected chi connectivity index (χ2v) is 25.6. The van der Waals surface area contributed by atoms with E-state index in [9.17, 15) is 26.8 Å². The van der Waals surface area contributed by atoms with Gasteiger partial charge in [-0.15, -0.1) is 0 Å². The van der Waals surface area contributed by atoms with Crippen molar-refractivity contribution in [3.05, 3.63) is 191 Å². The Morgan fingerprint density at radius 1 is 0.620 bits per heavy atom. The highest BCUT2D eigenvalue weighted by molar-refractivity contribution is 7.85. The molecule has 7 aromatic rings. The van der Waals surface area contributed by atoms with Crippen molar-refractivity contribution in [1.29, 1.82) is 0 Å². The summed E-state index contributed by atoms with van der Waals surface area (Å²) < 4.78 is 84.1. The van der Waals surface area contributed by atoms with Gasteiger partial charge in [0.2, 0.25) is 11.8 Å². The second-order valence-electron chi connectivity index (χ2n) is 22.7. The van der Waals surface area contributed by atoms with Crippen molar-refractivity contribution in [3.63, 3.8) is 0 Å². The normalized spacial score (nSPS) is 14.3. The van der Waals surface area contributed by atoms with E-state index in [1.807, 2.05) is 85.2 Å². The topological polar surface area (TPSA) is 163 Å². The summed E-state index contributed by atoms with van der Waals surface area (Å²) in [6.07, 6.45) is 15.6. The van der Waals surface area contributed by atoms with E-state index in [1.54, 1.807) is 48.8 Å². The van der Waals surface area contributed by atoms with Crippen molar-refractivity contribution in [3.8, 4) is 39.5 Å². The van der Waals surface area contributed by atoms with E-state index in [-0.39, 0.29) is 17.2 Å². The number of aromatic nitrogens is 2. The van der Waals surface area contributed by atoms with Crippen LogP contribution in [0.25, 0.3) is 34.4 Å². The molecule has 1 fully saturated rings. The summed E-state index contributed by atoms with van der Waals surface area (Å²) in [5, 5.41) is 5.77. The van der Waals surface area contributed by atoms with Crippen LogP contribution in [-0.4, -0.2) is 111 Å². The minimum Gasteiger partial charge on any atom is -0.491 e. The Kier molecular flexibility index (Phi) is 25.5. The van der Waals surface area contributed by atoms with Gasteiger partial charge in [0, 0.05) is 83.1 Å². The summed E-state index contributed by atoms with van der Waals surface area (Å²) in [6.45, 7) is 13.2. The number of benzene rings is 6. The third-order valence-corrected chi connectivity index (χ3v) is 19.1. The molecule has 1 aliphatic heterocycles. The van der Waals surface area contributed by atoms with Gasteiger partial charge in [-0.25, -0.2) is 4.98 Å². The highest BCUT2D eigenvalue weighted by Gasteiger charge is 2.27. The van der Waals surface area contributed by atoms with Gasteiger partial charge in [0.15, 0.2) is 0 Å². The van der Waals surface area contributed by atoms with E-state index >= 15 is 0 Å². The number of allylic oxidation sites excluding steroid dienone is 1. The highest BCUT2D eigenvalue weighted by atomic mass is 32.2. The summed E-state index contributed by atoms with van der Waals surface area (Å²) in [4.78, 5) is 36.6. The largest absolute Gasteiger partial charge is 0.491 e. The van der Waals surface area contributed by atoms with Gasteiger partial charge in [0.1, 0.15) is 30.5 Å². The molecule has 2 heterocycles. The summed E-state index contributed by atoms with van der Waals surface area (Å²) in [6, 6.07) is 40.8. The molecule has 9 rings (SSSR count). The first kappa shape index (κ1) is 68.1. The minimum atomic E-state index is -3.07. The van der Waals surface area contributed by atoms with Crippen molar-refractivity contribution in [2.24, 2.45) is 0 Å². The van der Waals surface area contributed by atoms with Gasteiger partial charge in [0.25, 0.3) is 0 Å². The van der Waals surface area contributed by atoms with Crippen molar-refractivity contribution < 1.29 is 50.5 Å². The maximum absolute atomic E-state index is 13.9. The number of hydrogen-bond acceptors (Lipinski definition) is 12. The molecular weight excluding hydrogens is 1210 g/mol. The lowest BCUT2D eigenvalue weighted by atomic mass is 9.90. The molecule has 92 heavy (non-hydrogen) atoms. The molecule has 2 amide bonds. The van der Waals surface area contributed by atoms with Gasteiger partial charge in [-0.05, 0) is 196 Å². The fourth-order valence-electron chi connectivity index (χ4n) is 11.3. The molecule has 486 valence electrons. The molecule has 1 saturated carbocycles. The van der Waals surface area contributed by atoms with Gasteiger partial charge in [-0.3, -0.25) is 18.0 Å². The molecule has 2 aliphatic rings. The molecule has 1 aromatic heterocycles. The summed E-state index contributed by atoms with van der Waals surface area (Å²) in [5.74, 6) is 1.77. The number of rotatable bonds is 34. The van der Waals surface area contributed by atoms with E-state index < -0.39 is 34.1 Å². The third kappa shape index (κ3) is 19.4. The Bertz CT molecular complexity index is 3700. The molecule has 6 aromatic carbocycles. The van der Waals surface area contributed by atoms with Crippen LogP contribution in [0, 0.1) is 6.92 Å². The summed E-state index contributed by atoms with van der Waals surface area (Å²) in [7, 11) is -2.64. The average Bonchev–Trinajstić information content (AvgIpc) is 1.61. The monoisotopic (exact) mass is 1290 g/mol. The Hall–Kier alpha value is -8.23. The summed E-state index contributed by atoms with van der Waals surface area (Å²) >= 11 is 0. The first-order valence-corrected chi connectivity index (χ1v) is 34.4. The second kappa shape index (κ2) is 34.4. The molecule has 0 spiro atoms. The van der Waals surface area contributed by atoms with E-state index in [0.29, 0.717) is 89.6 Å². The lowest BCUT2D eigenvalue weighted by Crippen LogP contribution is -2.29. The van der Waals surface area contributed by atoms with Crippen molar-refractivity contribution in [2.75, 3.05) is 75.8 Å². The quantitative estimate of drug-likeness (QED) is 0.0290. The van der Waals surface area contributed by atoms with Crippen LogP contribution in [0.2, 0.25) is 0 Å². The predicted octanol–water partition coefficient (Wildman–Crippen LogP) is 15.0. The van der Waals surface area contributed by atoms with Gasteiger partial charge in [0.05, 0.1) is 70.7 Å². The van der Waals surface area contributed by atoms with Crippen LogP contribution in [0.4, 0.5) is 20.2 Å². The van der Waals surface area contributed by atoms with Gasteiger partial charge in [-0.1, -0.05) is 68.7 Å². The van der Waals surface area contributed by atoms with E-state index in [2.05, 4.69) is 76.5 Å². The number of hydrogen-bond donors (Lipinski definition) is 2. The number of imidazole rings is 1. The fraction of sp³-hybridized carbons (Fsp3) is 0.356. The number of halogens is 2. The average molecular weight is 1290 g/mol. The van der Waals surface area contributed by atoms with Crippen molar-refractivity contribution in [2.45, 2.75) is 114 Å². The molecule has 0 bridgehead atoms. The number of nitrogens with zero attached hydrogens (tertiary/aromatic N) is 4. The Labute approximate surface area is 544 Å². The van der Waals surface area contributed by atoms with E-state index in [4.69, 9.17) is 23.7 Å². The third-order valence-electron chi connectivity index (χ3n) is 16.5. The first-order valence-electron chi connectivity index (χ1n) is 31.8. The first-order chi connectivity index (χ1) is 44.7. The van der Waals surface area contributed by atoms with Crippen LogP contribution in [0.3, 0.4) is 0 Å². The smallest absolute Gasteiger partial charge is 0.387 e. The lowest BCUT2D eigenvalue weighted by Gasteiger charge is -2.23. The molecule has 0 radical (unpaired) electrons. The number of unbranched alkanes of at least 4 members (excludes halogenated alkanes) is 1. The molecular formula is C73H84F2N6O9S2. The van der Waals surface area contributed by atoms with Gasteiger partial charge < -0.3 is 48.7 Å². The van der Waals surface area contributed by atoms with Gasteiger partial charge in [-0.2, -0.15) is 8.78 Å². The molecule has 0 saturated heterocycles. The number of amides is 2. The SMILES string of the molecule is CCCCOCCOc1ccc(-c2ccc(C3CCCC3)c(/C=C/C(=O)Nc3ccc(S(=O)CC4=C(C)N(CCCOCCOc5ccc(-c6ccc(OC(F)F)c(/C=C/C(=O)Nc7ccc(S(=O)Cc8c(C)ncn8CC)cc7)c6)cc5)CN4CC)cc3)c2)cc1. The zero-order chi connectivity index (χ0) is 64.8. The number of carbonyl (C=O) groups excluding carboxylic acids is 2. The van der Waals surface area contributed by atoms with Crippen molar-refractivity contribution in [1.82, 2.24) is 19.4 Å². The van der Waals surface area contributed by atoms with Crippen LogP contribution >= 0.6 is 0 Å². The van der Waals surface area contributed by atoms with Crippen LogP contribution < -0.4 is 24.8 Å². The Morgan fingerprint density at radius 3 is 1.71 bits per heavy atom. The lowest BCUT2D eigenvalue weighted by molar-refractivity contribution is -0.112. The maximum Gasteiger partial charge on any atom is 0.387 e. The Balaban J connectivity index is 0.699. The Morgan fingerprint density at radius 2 is 1.15 bits per heavy atom. The van der Waals surface area contributed by atoms with Crippen LogP contribution in [-0.2, 0) is 53.0 Å². The number of alkyl halides is 2. The number of anilines is 2. The highest BCUT2D eigenvalue weighted by Crippen LogP contribution is 2.38. The zero-order valence-electron chi connectivity index (χ0n) is 53.2. The number of nitrogens with one attached hydrogen (secondary N) is 2. The number of aryl methyl sites for hydroxylation is 2. The molecule has 15 nitrogen and oxygen atoms in total. The number of carbonyl (C=O) groups is 2. The minimum absolute atomic E-state index is 0.0861. The number of ether oxygens (including phenoxy) is 5. The maximum atomic E-state index is 13.9. The predicted molar refractivity (Wildman–Crippen MR) is 363 cm³/mol. The molecule has 2 atom stereocenters. The standard InChI is InChI=1S/C73H84F2N6O9S2/c1-6-9-40-86-42-44-88-63-27-15-54(16-28-63)57-19-35-67(56-13-10-11-14-56)59(46-57)21-37-71(82)77-61-25-33-66(34-26-61)92(85)49-69-53(5)81(51-80(69)8-3)39-12-41-87-43-45-89-64-29-17-55(18-30-64)58-20-36-70(90-73(74)75)60(47-58)22-38-72(83)78-62-23-31-65(32-24-62)91(84)48-68-52(4)76-50-79(68)7-2/h15-38,46-47,50,56,73H,6-14,39-45,48-49,51H2,1-5H3,(H,77,82)(H,78,83)/b37-21+,38-22+. The molecule has 2 N–H and O–H groups in total. The van der Waals surface area contributed by atoms with E-state index in [1.165, 1.54) is 36.6 Å². The van der Waals surface area contributed by atoms with Crippen molar-refractivity contribution >= 4 is 56.9 Å². The molecule has 1 aliphatic carbocycles. The molecule has 2 unspecified atom stereocenters. The molecule has 19 heteroatoms. The van der Waals surface area contributed by atoms with Crippen LogP contribution in [0.15, 0.2) is 173 Å². The van der Waals surface area contributed by atoms with Crippen LogP contribution in [0.1, 0.15) is 107 Å². The van der Waals surface area contributed by atoms with Crippen LogP contribution in [0.5, 0.6) is 17.2 Å². The summed E-state index contributed by atoms with van der Waals surface area (Å²) in [5.41, 5.74) is 11.2. The fourth-order valence-corrected chi connectivity index (χ4v) is 13.8. The van der Waals surface area contributed by atoms with Gasteiger partial charge >= 0.3 is 6.61 Å².